The lowest BCUT2D eigenvalue weighted by Crippen LogP contribution is -2.43. The number of carbonyl (C=O) groups is 1. The molecular formula is C16H21N3O2. The van der Waals surface area contributed by atoms with E-state index in [9.17, 15) is 4.79 Å². The Bertz CT molecular complexity index is 669. The van der Waals surface area contributed by atoms with Gasteiger partial charge >= 0.3 is 0 Å². The van der Waals surface area contributed by atoms with Gasteiger partial charge in [0, 0.05) is 45.7 Å². The van der Waals surface area contributed by atoms with E-state index in [0.29, 0.717) is 5.76 Å². The number of rotatable bonds is 2. The molecule has 0 atom stereocenters. The number of nitrogens with one attached hydrogen (secondary N) is 1. The first kappa shape index (κ1) is 13.9. The molecule has 112 valence electrons. The van der Waals surface area contributed by atoms with E-state index < -0.39 is 0 Å². The van der Waals surface area contributed by atoms with Crippen LogP contribution in [0.4, 0.5) is 5.69 Å². The summed E-state index contributed by atoms with van der Waals surface area (Å²) in [7, 11) is 3.47. The highest BCUT2D eigenvalue weighted by Crippen LogP contribution is 2.32. The number of piperazine rings is 1. The van der Waals surface area contributed by atoms with Crippen molar-refractivity contribution in [3.8, 4) is 0 Å². The summed E-state index contributed by atoms with van der Waals surface area (Å²) in [5, 5.41) is 4.35. The summed E-state index contributed by atoms with van der Waals surface area (Å²) >= 11 is 0. The van der Waals surface area contributed by atoms with Gasteiger partial charge in [0.1, 0.15) is 0 Å². The number of anilines is 1. The molecule has 1 aromatic carbocycles. The van der Waals surface area contributed by atoms with Crippen LogP contribution in [0.15, 0.2) is 22.6 Å². The number of aryl methyl sites for hydroxylation is 1. The molecule has 3 rings (SSSR count). The minimum atomic E-state index is -0.102. The molecule has 1 aliphatic rings. The van der Waals surface area contributed by atoms with Crippen molar-refractivity contribution in [1.29, 1.82) is 0 Å². The largest absolute Gasteiger partial charge is 0.449 e. The molecule has 1 fully saturated rings. The summed E-state index contributed by atoms with van der Waals surface area (Å²) in [5.74, 6) is 0.298. The normalized spacial score (nSPS) is 15.5. The van der Waals surface area contributed by atoms with E-state index >= 15 is 0 Å². The van der Waals surface area contributed by atoms with Gasteiger partial charge < -0.3 is 19.5 Å². The second kappa shape index (κ2) is 5.41. The Morgan fingerprint density at radius 2 is 1.95 bits per heavy atom. The van der Waals surface area contributed by atoms with Crippen LogP contribution in [0.3, 0.4) is 0 Å². The summed E-state index contributed by atoms with van der Waals surface area (Å²) < 4.78 is 5.88. The van der Waals surface area contributed by atoms with E-state index in [0.717, 1.165) is 42.8 Å². The Hall–Kier alpha value is -2.01. The van der Waals surface area contributed by atoms with Crippen LogP contribution in [-0.2, 0) is 0 Å². The second-order valence-corrected chi connectivity index (χ2v) is 5.75. The molecule has 2 heterocycles. The molecule has 0 spiro atoms. The molecule has 1 saturated heterocycles. The molecule has 1 amide bonds. The average molecular weight is 287 g/mol. The first-order valence-electron chi connectivity index (χ1n) is 7.28. The molecule has 0 aliphatic carbocycles. The van der Waals surface area contributed by atoms with Gasteiger partial charge in [0.2, 0.25) is 0 Å². The van der Waals surface area contributed by atoms with Gasteiger partial charge in [-0.05, 0) is 30.7 Å². The van der Waals surface area contributed by atoms with Crippen LogP contribution >= 0.6 is 0 Å². The minimum absolute atomic E-state index is 0.102. The van der Waals surface area contributed by atoms with Crippen LogP contribution in [0.5, 0.6) is 0 Å². The maximum absolute atomic E-state index is 12.1. The van der Waals surface area contributed by atoms with Gasteiger partial charge in [0.25, 0.3) is 5.91 Å². The zero-order valence-electron chi connectivity index (χ0n) is 12.8. The van der Waals surface area contributed by atoms with Gasteiger partial charge in [0.15, 0.2) is 11.3 Å². The van der Waals surface area contributed by atoms with Crippen molar-refractivity contribution >= 4 is 22.6 Å². The molecule has 2 aromatic rings. The lowest BCUT2D eigenvalue weighted by molar-refractivity contribution is 0.0799. The molecule has 0 unspecified atom stereocenters. The average Bonchev–Trinajstić information content (AvgIpc) is 2.90. The lowest BCUT2D eigenvalue weighted by atomic mass is 10.1. The zero-order valence-corrected chi connectivity index (χ0v) is 12.8. The summed E-state index contributed by atoms with van der Waals surface area (Å²) in [6.45, 7) is 5.93. The second-order valence-electron chi connectivity index (χ2n) is 5.75. The molecule has 5 heteroatoms. The topological polar surface area (TPSA) is 48.7 Å². The fourth-order valence-corrected chi connectivity index (χ4v) is 2.75. The van der Waals surface area contributed by atoms with E-state index in [1.54, 1.807) is 14.1 Å². The molecule has 5 nitrogen and oxygen atoms in total. The molecule has 0 saturated carbocycles. The maximum atomic E-state index is 12.1. The Kier molecular flexibility index (Phi) is 3.59. The monoisotopic (exact) mass is 287 g/mol. The van der Waals surface area contributed by atoms with Crippen LogP contribution in [0.2, 0.25) is 0 Å². The zero-order chi connectivity index (χ0) is 15.0. The number of fused-ring (bicyclic) bond motifs is 1. The first-order chi connectivity index (χ1) is 10.1. The minimum Gasteiger partial charge on any atom is -0.449 e. The molecule has 1 aromatic heterocycles. The van der Waals surface area contributed by atoms with Crippen molar-refractivity contribution in [2.24, 2.45) is 0 Å². The van der Waals surface area contributed by atoms with Crippen LogP contribution in [-0.4, -0.2) is 51.1 Å². The van der Waals surface area contributed by atoms with Crippen molar-refractivity contribution in [3.63, 3.8) is 0 Å². The van der Waals surface area contributed by atoms with E-state index in [4.69, 9.17) is 4.42 Å². The third kappa shape index (κ3) is 2.61. The molecular weight excluding hydrogens is 266 g/mol. The third-order valence-electron chi connectivity index (χ3n) is 3.82. The number of amides is 1. The number of furan rings is 1. The van der Waals surface area contributed by atoms with Crippen molar-refractivity contribution in [1.82, 2.24) is 10.2 Å². The van der Waals surface area contributed by atoms with Crippen molar-refractivity contribution in [2.75, 3.05) is 45.2 Å². The van der Waals surface area contributed by atoms with E-state index in [-0.39, 0.29) is 5.91 Å². The van der Waals surface area contributed by atoms with Crippen LogP contribution in [0.25, 0.3) is 11.0 Å². The molecule has 0 bridgehead atoms. The van der Waals surface area contributed by atoms with E-state index in [1.807, 2.05) is 6.07 Å². The Labute approximate surface area is 124 Å². The Morgan fingerprint density at radius 1 is 1.24 bits per heavy atom. The number of nitrogens with zero attached hydrogens (tertiary/aromatic N) is 2. The highest BCUT2D eigenvalue weighted by molar-refractivity contribution is 5.99. The Morgan fingerprint density at radius 3 is 2.62 bits per heavy atom. The van der Waals surface area contributed by atoms with Gasteiger partial charge in [-0.25, -0.2) is 0 Å². The van der Waals surface area contributed by atoms with Crippen LogP contribution < -0.4 is 10.2 Å². The first-order valence-corrected chi connectivity index (χ1v) is 7.28. The summed E-state index contributed by atoms with van der Waals surface area (Å²) in [6.07, 6.45) is 0. The van der Waals surface area contributed by atoms with Crippen molar-refractivity contribution in [3.05, 3.63) is 29.5 Å². The molecule has 1 N–H and O–H groups in total. The molecule has 0 radical (unpaired) electrons. The fourth-order valence-electron chi connectivity index (χ4n) is 2.75. The summed E-state index contributed by atoms with van der Waals surface area (Å²) in [5.41, 5.74) is 3.08. The molecule has 21 heavy (non-hydrogen) atoms. The standard InChI is InChI=1S/C16H21N3O2/c1-11-8-12-10-14(16(20)18(2)3)21-15(12)13(9-11)19-6-4-17-5-7-19/h8-10,17H,4-7H2,1-3H3. The predicted molar refractivity (Wildman–Crippen MR) is 84.1 cm³/mol. The fraction of sp³-hybridized carbons (Fsp3) is 0.438. The smallest absolute Gasteiger partial charge is 0.289 e. The summed E-state index contributed by atoms with van der Waals surface area (Å²) in [6, 6.07) is 6.05. The number of hydrogen-bond acceptors (Lipinski definition) is 4. The van der Waals surface area contributed by atoms with Gasteiger partial charge in [-0.1, -0.05) is 0 Å². The highest BCUT2D eigenvalue weighted by atomic mass is 16.3. The third-order valence-corrected chi connectivity index (χ3v) is 3.82. The van der Waals surface area contributed by atoms with Crippen molar-refractivity contribution in [2.45, 2.75) is 6.92 Å². The van der Waals surface area contributed by atoms with E-state index in [1.165, 1.54) is 10.5 Å². The molecule has 1 aliphatic heterocycles. The predicted octanol–water partition coefficient (Wildman–Crippen LogP) is 1.85. The van der Waals surface area contributed by atoms with E-state index in [2.05, 4.69) is 29.3 Å². The SMILES string of the molecule is Cc1cc(N2CCNCC2)c2oc(C(=O)N(C)C)cc2c1. The van der Waals surface area contributed by atoms with Gasteiger partial charge in [0.05, 0.1) is 5.69 Å². The van der Waals surface area contributed by atoms with Crippen LogP contribution in [0, 0.1) is 6.92 Å². The van der Waals surface area contributed by atoms with Gasteiger partial charge in [-0.3, -0.25) is 4.79 Å². The van der Waals surface area contributed by atoms with Crippen LogP contribution in [0.1, 0.15) is 16.1 Å². The number of hydrogen-bond donors (Lipinski definition) is 1. The highest BCUT2D eigenvalue weighted by Gasteiger charge is 2.20. The Balaban J connectivity index is 2.08. The van der Waals surface area contributed by atoms with Gasteiger partial charge in [-0.15, -0.1) is 0 Å². The lowest BCUT2D eigenvalue weighted by Gasteiger charge is -2.29. The number of carbonyl (C=O) groups excluding carboxylic acids is 1. The quantitative estimate of drug-likeness (QED) is 0.916. The summed E-state index contributed by atoms with van der Waals surface area (Å²) in [4.78, 5) is 16.0. The maximum Gasteiger partial charge on any atom is 0.289 e. The van der Waals surface area contributed by atoms with Crippen molar-refractivity contribution < 1.29 is 9.21 Å². The number of benzene rings is 1. The van der Waals surface area contributed by atoms with Gasteiger partial charge in [-0.2, -0.15) is 0 Å².